The number of benzene rings is 1. The Labute approximate surface area is 113 Å². The molecule has 0 bridgehead atoms. The molecule has 1 unspecified atom stereocenters. The molecule has 5 heteroatoms. The van der Waals surface area contributed by atoms with E-state index < -0.39 is 0 Å². The zero-order valence-corrected chi connectivity index (χ0v) is 11.4. The number of hydrogen-bond donors (Lipinski definition) is 1. The molecular formula is C13H14BrFN2O. The van der Waals surface area contributed by atoms with Crippen LogP contribution in [0.3, 0.4) is 0 Å². The van der Waals surface area contributed by atoms with Crippen molar-refractivity contribution in [1.82, 2.24) is 5.32 Å². The van der Waals surface area contributed by atoms with E-state index in [0.717, 1.165) is 19.3 Å². The lowest BCUT2D eigenvalue weighted by Crippen LogP contribution is -2.39. The van der Waals surface area contributed by atoms with E-state index in [1.54, 1.807) is 17.0 Å². The standard InChI is InChI=1S/C13H14BrFN2O/c14-8-1-4-12(10(15)7-8)17-6-5-11(13(17)18)16-9-2-3-9/h1,4,7,9,11,16H,2-3,5-6H2. The molecule has 1 saturated heterocycles. The number of carbonyl (C=O) groups excluding carboxylic acids is 1. The van der Waals surface area contributed by atoms with Crippen LogP contribution >= 0.6 is 15.9 Å². The number of halogens is 2. The quantitative estimate of drug-likeness (QED) is 0.930. The minimum atomic E-state index is -0.357. The van der Waals surface area contributed by atoms with Crippen LogP contribution in [-0.2, 0) is 4.79 Å². The molecule has 1 N–H and O–H groups in total. The molecule has 1 saturated carbocycles. The van der Waals surface area contributed by atoms with Gasteiger partial charge in [-0.2, -0.15) is 0 Å². The van der Waals surface area contributed by atoms with Crippen molar-refractivity contribution >= 4 is 27.5 Å². The molecule has 18 heavy (non-hydrogen) atoms. The summed E-state index contributed by atoms with van der Waals surface area (Å²) in [5, 5.41) is 3.31. The minimum absolute atomic E-state index is 0.0110. The van der Waals surface area contributed by atoms with Crippen LogP contribution in [0.15, 0.2) is 22.7 Å². The molecule has 3 nitrogen and oxygen atoms in total. The van der Waals surface area contributed by atoms with Crippen molar-refractivity contribution < 1.29 is 9.18 Å². The van der Waals surface area contributed by atoms with Crippen LogP contribution in [-0.4, -0.2) is 24.5 Å². The van der Waals surface area contributed by atoms with Crippen LogP contribution in [0.1, 0.15) is 19.3 Å². The van der Waals surface area contributed by atoms with E-state index in [2.05, 4.69) is 21.2 Å². The number of rotatable bonds is 3. The van der Waals surface area contributed by atoms with Crippen LogP contribution in [0.4, 0.5) is 10.1 Å². The molecule has 1 atom stereocenters. The van der Waals surface area contributed by atoms with Crippen LogP contribution in [0, 0.1) is 5.82 Å². The molecular weight excluding hydrogens is 299 g/mol. The summed E-state index contributed by atoms with van der Waals surface area (Å²) in [5.74, 6) is -0.368. The number of nitrogens with zero attached hydrogens (tertiary/aromatic N) is 1. The molecule has 1 aliphatic carbocycles. The van der Waals surface area contributed by atoms with Crippen LogP contribution < -0.4 is 10.2 Å². The third kappa shape index (κ3) is 2.29. The maximum Gasteiger partial charge on any atom is 0.244 e. The van der Waals surface area contributed by atoms with Gasteiger partial charge in [0.1, 0.15) is 5.82 Å². The van der Waals surface area contributed by atoms with Gasteiger partial charge in [0.2, 0.25) is 5.91 Å². The normalized spacial score (nSPS) is 23.8. The average Bonchev–Trinajstić information content (AvgIpc) is 3.07. The van der Waals surface area contributed by atoms with Crippen molar-refractivity contribution in [3.8, 4) is 0 Å². The van der Waals surface area contributed by atoms with Crippen LogP contribution in [0.25, 0.3) is 0 Å². The zero-order chi connectivity index (χ0) is 12.7. The van der Waals surface area contributed by atoms with Crippen molar-refractivity contribution in [3.63, 3.8) is 0 Å². The summed E-state index contributed by atoms with van der Waals surface area (Å²) in [6, 6.07) is 5.16. The van der Waals surface area contributed by atoms with E-state index in [0.29, 0.717) is 22.7 Å². The van der Waals surface area contributed by atoms with Gasteiger partial charge in [-0.3, -0.25) is 4.79 Å². The Balaban J connectivity index is 1.78. The highest BCUT2D eigenvalue weighted by molar-refractivity contribution is 9.10. The fourth-order valence-corrected chi connectivity index (χ4v) is 2.64. The Morgan fingerprint density at radius 2 is 2.11 bits per heavy atom. The predicted molar refractivity (Wildman–Crippen MR) is 71.0 cm³/mol. The van der Waals surface area contributed by atoms with Crippen molar-refractivity contribution in [2.24, 2.45) is 0 Å². The number of anilines is 1. The summed E-state index contributed by atoms with van der Waals surface area (Å²) < 4.78 is 14.5. The van der Waals surface area contributed by atoms with Gasteiger partial charge < -0.3 is 10.2 Å². The molecule has 2 fully saturated rings. The van der Waals surface area contributed by atoms with Gasteiger partial charge in [0, 0.05) is 17.1 Å². The third-order valence-electron chi connectivity index (χ3n) is 3.42. The maximum absolute atomic E-state index is 13.8. The van der Waals surface area contributed by atoms with Crippen LogP contribution in [0.2, 0.25) is 0 Å². The van der Waals surface area contributed by atoms with E-state index in [1.807, 2.05) is 0 Å². The average molecular weight is 313 g/mol. The van der Waals surface area contributed by atoms with Gasteiger partial charge in [0.15, 0.2) is 0 Å². The Morgan fingerprint density at radius 3 is 2.78 bits per heavy atom. The van der Waals surface area contributed by atoms with E-state index in [4.69, 9.17) is 0 Å². The molecule has 0 radical (unpaired) electrons. The molecule has 1 aliphatic heterocycles. The molecule has 2 aliphatic rings. The topological polar surface area (TPSA) is 32.3 Å². The Bertz CT molecular complexity index is 490. The summed E-state index contributed by atoms with van der Waals surface area (Å²) in [6.07, 6.45) is 3.05. The number of carbonyl (C=O) groups is 1. The van der Waals surface area contributed by atoms with Crippen molar-refractivity contribution in [2.45, 2.75) is 31.3 Å². The fourth-order valence-electron chi connectivity index (χ4n) is 2.31. The third-order valence-corrected chi connectivity index (χ3v) is 3.91. The van der Waals surface area contributed by atoms with Crippen LogP contribution in [0.5, 0.6) is 0 Å². The van der Waals surface area contributed by atoms with Crippen molar-refractivity contribution in [2.75, 3.05) is 11.4 Å². The molecule has 1 aromatic carbocycles. The summed E-state index contributed by atoms with van der Waals surface area (Å²) in [7, 11) is 0. The second-order valence-electron chi connectivity index (χ2n) is 4.87. The second kappa shape index (κ2) is 4.63. The summed E-state index contributed by atoms with van der Waals surface area (Å²) in [5.41, 5.74) is 0.378. The molecule has 1 amide bonds. The van der Waals surface area contributed by atoms with E-state index in [9.17, 15) is 9.18 Å². The summed E-state index contributed by atoms with van der Waals surface area (Å²) >= 11 is 3.22. The molecule has 96 valence electrons. The van der Waals surface area contributed by atoms with Crippen molar-refractivity contribution in [3.05, 3.63) is 28.5 Å². The molecule has 3 rings (SSSR count). The van der Waals surface area contributed by atoms with E-state index in [1.165, 1.54) is 6.07 Å². The maximum atomic E-state index is 13.8. The smallest absolute Gasteiger partial charge is 0.244 e. The fraction of sp³-hybridized carbons (Fsp3) is 0.462. The van der Waals surface area contributed by atoms with Gasteiger partial charge >= 0.3 is 0 Å². The highest BCUT2D eigenvalue weighted by Crippen LogP contribution is 2.28. The van der Waals surface area contributed by atoms with E-state index >= 15 is 0 Å². The van der Waals surface area contributed by atoms with Gasteiger partial charge in [-0.25, -0.2) is 4.39 Å². The molecule has 1 heterocycles. The zero-order valence-electron chi connectivity index (χ0n) is 9.83. The van der Waals surface area contributed by atoms with Crippen molar-refractivity contribution in [1.29, 1.82) is 0 Å². The summed E-state index contributed by atoms with van der Waals surface area (Å²) in [4.78, 5) is 13.7. The molecule has 1 aromatic rings. The van der Waals surface area contributed by atoms with Gasteiger partial charge in [-0.05, 0) is 37.5 Å². The lowest BCUT2D eigenvalue weighted by Gasteiger charge is -2.18. The lowest BCUT2D eigenvalue weighted by atomic mass is 10.2. The Morgan fingerprint density at radius 1 is 1.33 bits per heavy atom. The lowest BCUT2D eigenvalue weighted by molar-refractivity contribution is -0.118. The second-order valence-corrected chi connectivity index (χ2v) is 5.78. The highest BCUT2D eigenvalue weighted by Gasteiger charge is 2.36. The summed E-state index contributed by atoms with van der Waals surface area (Å²) in [6.45, 7) is 0.585. The van der Waals surface area contributed by atoms with Gasteiger partial charge in [0.05, 0.1) is 11.7 Å². The first-order chi connectivity index (χ1) is 8.65. The van der Waals surface area contributed by atoms with Gasteiger partial charge in [0.25, 0.3) is 0 Å². The Kier molecular flexibility index (Phi) is 3.11. The monoisotopic (exact) mass is 312 g/mol. The van der Waals surface area contributed by atoms with E-state index in [-0.39, 0.29) is 17.8 Å². The number of hydrogen-bond acceptors (Lipinski definition) is 2. The first-order valence-electron chi connectivity index (χ1n) is 6.17. The minimum Gasteiger partial charge on any atom is -0.308 e. The van der Waals surface area contributed by atoms with Gasteiger partial charge in [-0.15, -0.1) is 0 Å². The number of amides is 1. The largest absolute Gasteiger partial charge is 0.308 e. The SMILES string of the molecule is O=C1C(NC2CC2)CCN1c1ccc(Br)cc1F. The molecule has 0 aromatic heterocycles. The molecule has 0 spiro atoms. The first-order valence-corrected chi connectivity index (χ1v) is 6.97. The Hall–Kier alpha value is -0.940. The number of nitrogens with one attached hydrogen (secondary N) is 1. The predicted octanol–water partition coefficient (Wildman–Crippen LogP) is 2.45. The van der Waals surface area contributed by atoms with Gasteiger partial charge in [-0.1, -0.05) is 15.9 Å². The highest BCUT2D eigenvalue weighted by atomic mass is 79.9. The first kappa shape index (κ1) is 12.1.